The minimum atomic E-state index is 0.216. The first-order valence-corrected chi connectivity index (χ1v) is 8.70. The van der Waals surface area contributed by atoms with Gasteiger partial charge in [-0.25, -0.2) is 0 Å². The molecule has 0 saturated carbocycles. The maximum atomic E-state index is 12.0. The number of carbonyl (C=O) groups is 1. The molecule has 7 nitrogen and oxygen atoms in total. The lowest BCUT2D eigenvalue weighted by molar-refractivity contribution is -0.132. The quantitative estimate of drug-likeness (QED) is 0.852. The van der Waals surface area contributed by atoms with Gasteiger partial charge >= 0.3 is 0 Å². The number of amides is 1. The normalized spacial score (nSPS) is 15.5. The van der Waals surface area contributed by atoms with E-state index < -0.39 is 0 Å². The molecule has 3 rings (SSSR count). The summed E-state index contributed by atoms with van der Waals surface area (Å²) >= 11 is 0. The predicted octanol–water partition coefficient (Wildman–Crippen LogP) is 1.30. The Labute approximate surface area is 148 Å². The summed E-state index contributed by atoms with van der Waals surface area (Å²) in [5.41, 5.74) is 2.16. The van der Waals surface area contributed by atoms with Gasteiger partial charge in [0.1, 0.15) is 0 Å². The van der Waals surface area contributed by atoms with Crippen LogP contribution < -0.4 is 5.32 Å². The van der Waals surface area contributed by atoms with Crippen LogP contribution in [0.15, 0.2) is 28.8 Å². The molecule has 1 aromatic carbocycles. The molecule has 1 aliphatic heterocycles. The van der Waals surface area contributed by atoms with Crippen LogP contribution in [0.3, 0.4) is 0 Å². The average molecular weight is 343 g/mol. The number of aromatic nitrogens is 2. The molecule has 0 radical (unpaired) electrons. The Kier molecular flexibility index (Phi) is 5.78. The summed E-state index contributed by atoms with van der Waals surface area (Å²) < 4.78 is 5.39. The molecule has 1 amide bonds. The van der Waals surface area contributed by atoms with Gasteiger partial charge in [0, 0.05) is 44.7 Å². The standard InChI is InChI=1S/C18H25N5O2/c1-14-3-5-15(6-4-14)18-20-16(25-21-18)13-22-9-11-23(12-10-22)17(24)7-8-19-2/h3-6,19H,7-13H2,1-2H3. The largest absolute Gasteiger partial charge is 0.340 e. The molecule has 0 atom stereocenters. The average Bonchev–Trinajstić information content (AvgIpc) is 3.09. The van der Waals surface area contributed by atoms with Crippen LogP contribution in [0.25, 0.3) is 11.4 Å². The summed E-state index contributed by atoms with van der Waals surface area (Å²) in [6, 6.07) is 8.07. The van der Waals surface area contributed by atoms with Crippen molar-refractivity contribution in [2.24, 2.45) is 0 Å². The first-order valence-electron chi connectivity index (χ1n) is 8.70. The number of piperazine rings is 1. The molecule has 0 spiro atoms. The second-order valence-electron chi connectivity index (χ2n) is 6.39. The van der Waals surface area contributed by atoms with E-state index in [2.05, 4.69) is 27.3 Å². The number of hydrogen-bond donors (Lipinski definition) is 1. The van der Waals surface area contributed by atoms with Crippen LogP contribution in [0.1, 0.15) is 17.9 Å². The Morgan fingerprint density at radius 2 is 1.92 bits per heavy atom. The van der Waals surface area contributed by atoms with Gasteiger partial charge in [0.25, 0.3) is 0 Å². The number of aryl methyl sites for hydroxylation is 1. The second kappa shape index (κ2) is 8.22. The highest BCUT2D eigenvalue weighted by Gasteiger charge is 2.22. The predicted molar refractivity (Wildman–Crippen MR) is 94.9 cm³/mol. The van der Waals surface area contributed by atoms with Crippen LogP contribution in [-0.4, -0.2) is 65.6 Å². The fourth-order valence-electron chi connectivity index (χ4n) is 2.88. The number of hydrogen-bond acceptors (Lipinski definition) is 6. The topological polar surface area (TPSA) is 74.5 Å². The zero-order valence-electron chi connectivity index (χ0n) is 14.9. The molecule has 0 aliphatic carbocycles. The Hall–Kier alpha value is -2.25. The van der Waals surface area contributed by atoms with Crippen LogP contribution >= 0.6 is 0 Å². The van der Waals surface area contributed by atoms with Gasteiger partial charge in [-0.05, 0) is 14.0 Å². The highest BCUT2D eigenvalue weighted by molar-refractivity contribution is 5.76. The molecule has 0 unspecified atom stereocenters. The Balaban J connectivity index is 1.51. The van der Waals surface area contributed by atoms with Gasteiger partial charge in [-0.15, -0.1) is 0 Å². The molecule has 2 aromatic rings. The molecule has 7 heteroatoms. The maximum absolute atomic E-state index is 12.0. The highest BCUT2D eigenvalue weighted by Crippen LogP contribution is 2.17. The Bertz CT molecular complexity index is 690. The Morgan fingerprint density at radius 3 is 2.60 bits per heavy atom. The van der Waals surface area contributed by atoms with Crippen molar-refractivity contribution < 1.29 is 9.32 Å². The molecule has 2 heterocycles. The van der Waals surface area contributed by atoms with E-state index in [1.54, 1.807) is 0 Å². The summed E-state index contributed by atoms with van der Waals surface area (Å²) in [6.07, 6.45) is 0.556. The van der Waals surface area contributed by atoms with Crippen molar-refractivity contribution in [1.29, 1.82) is 0 Å². The monoisotopic (exact) mass is 343 g/mol. The molecule has 1 saturated heterocycles. The second-order valence-corrected chi connectivity index (χ2v) is 6.39. The molecule has 1 aliphatic rings. The van der Waals surface area contributed by atoms with Crippen molar-refractivity contribution in [3.05, 3.63) is 35.7 Å². The number of rotatable bonds is 6. The van der Waals surface area contributed by atoms with Crippen molar-refractivity contribution in [1.82, 2.24) is 25.3 Å². The molecule has 1 N–H and O–H groups in total. The van der Waals surface area contributed by atoms with E-state index in [1.165, 1.54) is 5.56 Å². The minimum absolute atomic E-state index is 0.216. The third-order valence-corrected chi connectivity index (χ3v) is 4.45. The lowest BCUT2D eigenvalue weighted by Crippen LogP contribution is -2.48. The van der Waals surface area contributed by atoms with Gasteiger partial charge in [-0.2, -0.15) is 4.98 Å². The van der Waals surface area contributed by atoms with Gasteiger partial charge in [-0.3, -0.25) is 9.69 Å². The zero-order valence-corrected chi connectivity index (χ0v) is 14.9. The van der Waals surface area contributed by atoms with Crippen LogP contribution in [0.2, 0.25) is 0 Å². The number of benzene rings is 1. The summed E-state index contributed by atoms with van der Waals surface area (Å²) in [5.74, 6) is 1.45. The lowest BCUT2D eigenvalue weighted by atomic mass is 10.1. The van der Waals surface area contributed by atoms with Crippen LogP contribution in [0.5, 0.6) is 0 Å². The van der Waals surface area contributed by atoms with E-state index in [-0.39, 0.29) is 5.91 Å². The summed E-state index contributed by atoms with van der Waals surface area (Å²) in [5, 5.41) is 7.09. The van der Waals surface area contributed by atoms with Crippen molar-refractivity contribution in [3.8, 4) is 11.4 Å². The van der Waals surface area contributed by atoms with E-state index in [4.69, 9.17) is 4.52 Å². The molecule has 1 aromatic heterocycles. The van der Waals surface area contributed by atoms with Gasteiger partial charge in [0.15, 0.2) is 0 Å². The van der Waals surface area contributed by atoms with E-state index >= 15 is 0 Å². The van der Waals surface area contributed by atoms with Crippen molar-refractivity contribution in [2.75, 3.05) is 39.8 Å². The van der Waals surface area contributed by atoms with Crippen molar-refractivity contribution >= 4 is 5.91 Å². The highest BCUT2D eigenvalue weighted by atomic mass is 16.5. The van der Waals surface area contributed by atoms with Crippen LogP contribution in [0, 0.1) is 6.92 Å². The third-order valence-electron chi connectivity index (χ3n) is 4.45. The lowest BCUT2D eigenvalue weighted by Gasteiger charge is -2.34. The molecule has 0 bridgehead atoms. The fourth-order valence-corrected chi connectivity index (χ4v) is 2.88. The van der Waals surface area contributed by atoms with Crippen molar-refractivity contribution in [3.63, 3.8) is 0 Å². The van der Waals surface area contributed by atoms with Gasteiger partial charge < -0.3 is 14.7 Å². The first kappa shape index (κ1) is 17.6. The van der Waals surface area contributed by atoms with Crippen molar-refractivity contribution in [2.45, 2.75) is 19.9 Å². The molecular formula is C18H25N5O2. The van der Waals surface area contributed by atoms with E-state index in [0.717, 1.165) is 38.3 Å². The van der Waals surface area contributed by atoms with Gasteiger partial charge in [-0.1, -0.05) is 35.0 Å². The summed E-state index contributed by atoms with van der Waals surface area (Å²) in [6.45, 7) is 6.55. The maximum Gasteiger partial charge on any atom is 0.241 e. The SMILES string of the molecule is CNCCC(=O)N1CCN(Cc2nc(-c3ccc(C)cc3)no2)CC1. The smallest absolute Gasteiger partial charge is 0.241 e. The van der Waals surface area contributed by atoms with Crippen LogP contribution in [0.4, 0.5) is 0 Å². The van der Waals surface area contributed by atoms with Gasteiger partial charge in [0.05, 0.1) is 6.54 Å². The third kappa shape index (κ3) is 4.64. The number of nitrogens with zero attached hydrogens (tertiary/aromatic N) is 4. The van der Waals surface area contributed by atoms with Gasteiger partial charge in [0.2, 0.25) is 17.6 Å². The van der Waals surface area contributed by atoms with E-state index in [9.17, 15) is 4.79 Å². The van der Waals surface area contributed by atoms with E-state index in [1.807, 2.05) is 36.2 Å². The number of carbonyl (C=O) groups excluding carboxylic acids is 1. The zero-order chi connectivity index (χ0) is 17.6. The molecule has 134 valence electrons. The summed E-state index contributed by atoms with van der Waals surface area (Å²) in [4.78, 5) is 20.7. The summed E-state index contributed by atoms with van der Waals surface area (Å²) in [7, 11) is 1.86. The molecular weight excluding hydrogens is 318 g/mol. The first-order chi connectivity index (χ1) is 12.2. The number of nitrogens with one attached hydrogen (secondary N) is 1. The Morgan fingerprint density at radius 1 is 1.20 bits per heavy atom. The molecule has 1 fully saturated rings. The van der Waals surface area contributed by atoms with Crippen LogP contribution in [-0.2, 0) is 11.3 Å². The minimum Gasteiger partial charge on any atom is -0.340 e. The van der Waals surface area contributed by atoms with E-state index in [0.29, 0.717) is 24.7 Å². The molecule has 25 heavy (non-hydrogen) atoms. The fraction of sp³-hybridized carbons (Fsp3) is 0.500.